The molecule has 6 nitrogen and oxygen atoms in total. The minimum atomic E-state index is -0.643. The van der Waals surface area contributed by atoms with E-state index in [0.717, 1.165) is 4.90 Å². The third kappa shape index (κ3) is 7.57. The summed E-state index contributed by atoms with van der Waals surface area (Å²) >= 11 is 5.23. The number of imide groups is 1. The molecule has 0 radical (unpaired) electrons. The number of hydrogen-bond acceptors (Lipinski definition) is 3. The predicted octanol–water partition coefficient (Wildman–Crippen LogP) is 0.165. The average molecular weight is 264 g/mol. The van der Waals surface area contributed by atoms with Crippen LogP contribution in [0.3, 0.4) is 0 Å². The number of halogens is 1. The number of nitrogens with zero attached hydrogens (tertiary/aromatic N) is 1. The fourth-order valence-electron chi connectivity index (χ4n) is 0.909. The maximum atomic E-state index is 11.4. The minimum Gasteiger partial charge on any atom is -0.354 e. The van der Waals surface area contributed by atoms with Gasteiger partial charge in [0.1, 0.15) is 12.4 Å². The summed E-state index contributed by atoms with van der Waals surface area (Å²) in [5, 5.41) is 4.70. The van der Waals surface area contributed by atoms with E-state index >= 15 is 0 Å². The van der Waals surface area contributed by atoms with Crippen molar-refractivity contribution < 1.29 is 14.4 Å². The van der Waals surface area contributed by atoms with E-state index in [4.69, 9.17) is 11.6 Å². The number of carbonyl (C=O) groups excluding carboxylic acids is 3. The van der Waals surface area contributed by atoms with Crippen molar-refractivity contribution in [2.75, 3.05) is 26.0 Å². The van der Waals surface area contributed by atoms with Gasteiger partial charge in [-0.3, -0.25) is 14.9 Å². The van der Waals surface area contributed by atoms with Crippen molar-refractivity contribution in [1.82, 2.24) is 15.5 Å². The Kier molecular flexibility index (Phi) is 7.29. The Hall–Kier alpha value is -1.30. The van der Waals surface area contributed by atoms with Gasteiger partial charge in [-0.05, 0) is 5.92 Å². The van der Waals surface area contributed by atoms with Crippen LogP contribution in [0.1, 0.15) is 13.8 Å². The summed E-state index contributed by atoms with van der Waals surface area (Å²) in [6.45, 7) is 4.38. The van der Waals surface area contributed by atoms with E-state index in [1.807, 2.05) is 19.2 Å². The molecular weight excluding hydrogens is 246 g/mol. The second-order valence-corrected chi connectivity index (χ2v) is 4.31. The van der Waals surface area contributed by atoms with Crippen molar-refractivity contribution in [2.45, 2.75) is 13.8 Å². The molecule has 0 fully saturated rings. The Morgan fingerprint density at radius 3 is 2.29 bits per heavy atom. The second-order valence-electron chi connectivity index (χ2n) is 4.04. The van der Waals surface area contributed by atoms with Gasteiger partial charge in [0.05, 0.1) is 0 Å². The topological polar surface area (TPSA) is 78.5 Å². The molecule has 0 aliphatic carbocycles. The maximum Gasteiger partial charge on any atom is 0.324 e. The molecule has 0 bridgehead atoms. The van der Waals surface area contributed by atoms with E-state index in [-0.39, 0.29) is 18.3 Å². The van der Waals surface area contributed by atoms with Crippen molar-refractivity contribution in [3.05, 3.63) is 0 Å². The zero-order valence-corrected chi connectivity index (χ0v) is 11.0. The summed E-state index contributed by atoms with van der Waals surface area (Å²) in [4.78, 5) is 34.7. The summed E-state index contributed by atoms with van der Waals surface area (Å²) in [6.07, 6.45) is 0. The van der Waals surface area contributed by atoms with E-state index in [1.54, 1.807) is 0 Å². The first-order chi connectivity index (χ1) is 7.86. The summed E-state index contributed by atoms with van der Waals surface area (Å²) < 4.78 is 0. The van der Waals surface area contributed by atoms with E-state index in [9.17, 15) is 14.4 Å². The van der Waals surface area contributed by atoms with Crippen LogP contribution in [-0.4, -0.2) is 48.8 Å². The van der Waals surface area contributed by atoms with Crippen LogP contribution in [0, 0.1) is 5.92 Å². The molecule has 0 unspecified atom stereocenters. The van der Waals surface area contributed by atoms with Gasteiger partial charge in [-0.2, -0.15) is 0 Å². The van der Waals surface area contributed by atoms with Crippen LogP contribution < -0.4 is 10.6 Å². The monoisotopic (exact) mass is 263 g/mol. The molecular formula is C10H18ClN3O3. The van der Waals surface area contributed by atoms with Crippen LogP contribution in [0.2, 0.25) is 0 Å². The first kappa shape index (κ1) is 15.7. The Morgan fingerprint density at radius 2 is 1.82 bits per heavy atom. The van der Waals surface area contributed by atoms with Gasteiger partial charge >= 0.3 is 6.03 Å². The molecule has 2 N–H and O–H groups in total. The van der Waals surface area contributed by atoms with Crippen LogP contribution >= 0.6 is 11.6 Å². The Bertz CT molecular complexity index is 295. The number of alkyl halides is 1. The summed E-state index contributed by atoms with van der Waals surface area (Å²) in [6, 6.07) is -0.643. The van der Waals surface area contributed by atoms with Gasteiger partial charge in [-0.15, -0.1) is 11.6 Å². The molecule has 4 amide bonds. The Morgan fingerprint density at radius 1 is 1.24 bits per heavy atom. The highest BCUT2D eigenvalue weighted by Gasteiger charge is 2.14. The van der Waals surface area contributed by atoms with Crippen LogP contribution in [0.15, 0.2) is 0 Å². The second kappa shape index (κ2) is 7.89. The Labute approximate surface area is 106 Å². The molecule has 0 aromatic heterocycles. The number of rotatable bonds is 5. The smallest absolute Gasteiger partial charge is 0.324 e. The lowest BCUT2D eigenvalue weighted by atomic mass is 10.2. The zero-order chi connectivity index (χ0) is 13.4. The van der Waals surface area contributed by atoms with Crippen LogP contribution in [0.4, 0.5) is 4.79 Å². The van der Waals surface area contributed by atoms with Gasteiger partial charge in [0, 0.05) is 13.6 Å². The highest BCUT2D eigenvalue weighted by molar-refractivity contribution is 6.28. The maximum absolute atomic E-state index is 11.4. The van der Waals surface area contributed by atoms with Crippen LogP contribution in [0.5, 0.6) is 0 Å². The normalized spacial score (nSPS) is 9.94. The van der Waals surface area contributed by atoms with Crippen molar-refractivity contribution in [1.29, 1.82) is 0 Å². The molecule has 7 heteroatoms. The molecule has 0 saturated carbocycles. The summed E-state index contributed by atoms with van der Waals surface area (Å²) in [5.41, 5.74) is 0. The quantitative estimate of drug-likeness (QED) is 0.694. The van der Waals surface area contributed by atoms with E-state index in [2.05, 4.69) is 5.32 Å². The first-order valence-corrected chi connectivity index (χ1v) is 5.77. The van der Waals surface area contributed by atoms with Gasteiger partial charge in [0.15, 0.2) is 0 Å². The average Bonchev–Trinajstić information content (AvgIpc) is 2.25. The predicted molar refractivity (Wildman–Crippen MR) is 64.7 cm³/mol. The minimum absolute atomic E-state index is 0.103. The van der Waals surface area contributed by atoms with E-state index in [1.165, 1.54) is 7.05 Å². The lowest BCUT2D eigenvalue weighted by Crippen LogP contribution is -2.46. The van der Waals surface area contributed by atoms with E-state index < -0.39 is 11.9 Å². The number of carbonyl (C=O) groups is 3. The van der Waals surface area contributed by atoms with E-state index in [0.29, 0.717) is 12.5 Å². The highest BCUT2D eigenvalue weighted by Crippen LogP contribution is 1.89. The molecule has 0 heterocycles. The fraction of sp³-hybridized carbons (Fsp3) is 0.700. The molecule has 0 aromatic carbocycles. The summed E-state index contributed by atoms with van der Waals surface area (Å²) in [5.74, 6) is -0.809. The van der Waals surface area contributed by atoms with Crippen LogP contribution in [0.25, 0.3) is 0 Å². The summed E-state index contributed by atoms with van der Waals surface area (Å²) in [7, 11) is 1.42. The molecule has 0 spiro atoms. The highest BCUT2D eigenvalue weighted by atomic mass is 35.5. The van der Waals surface area contributed by atoms with Gasteiger partial charge < -0.3 is 10.2 Å². The van der Waals surface area contributed by atoms with Gasteiger partial charge in [0.2, 0.25) is 11.8 Å². The third-order valence-electron chi connectivity index (χ3n) is 1.80. The van der Waals surface area contributed by atoms with Gasteiger partial charge in [0.25, 0.3) is 0 Å². The Balaban J connectivity index is 3.98. The number of amides is 4. The van der Waals surface area contributed by atoms with Gasteiger partial charge in [-0.1, -0.05) is 13.8 Å². The van der Waals surface area contributed by atoms with Crippen molar-refractivity contribution in [3.8, 4) is 0 Å². The molecule has 0 rings (SSSR count). The zero-order valence-electron chi connectivity index (χ0n) is 10.2. The molecule has 0 atom stereocenters. The number of likely N-dealkylation sites (N-methyl/N-ethyl adjacent to an activating group) is 1. The lowest BCUT2D eigenvalue weighted by Gasteiger charge is -2.17. The largest absolute Gasteiger partial charge is 0.354 e. The number of nitrogens with one attached hydrogen (secondary N) is 2. The molecule has 0 saturated heterocycles. The lowest BCUT2D eigenvalue weighted by molar-refractivity contribution is -0.122. The molecule has 0 aliphatic rings. The standard InChI is InChI=1S/C10H18ClN3O3/c1-7(2)5-12-9(16)6-14(3)10(17)13-8(15)4-11/h7H,4-6H2,1-3H3,(H,12,16)(H,13,15,17). The number of urea groups is 1. The SMILES string of the molecule is CC(C)CNC(=O)CN(C)C(=O)NC(=O)CCl. The molecule has 0 aliphatic heterocycles. The van der Waals surface area contributed by atoms with Gasteiger partial charge in [-0.25, -0.2) is 4.79 Å². The fourth-order valence-corrected chi connectivity index (χ4v) is 0.976. The molecule has 17 heavy (non-hydrogen) atoms. The first-order valence-electron chi connectivity index (χ1n) is 5.24. The molecule has 98 valence electrons. The third-order valence-corrected chi connectivity index (χ3v) is 2.05. The van der Waals surface area contributed by atoms with Crippen molar-refractivity contribution in [2.24, 2.45) is 5.92 Å². The van der Waals surface area contributed by atoms with Crippen molar-refractivity contribution in [3.63, 3.8) is 0 Å². The molecule has 0 aromatic rings. The van der Waals surface area contributed by atoms with Crippen molar-refractivity contribution >= 4 is 29.4 Å². The van der Waals surface area contributed by atoms with Crippen LogP contribution in [-0.2, 0) is 9.59 Å². The number of hydrogen-bond donors (Lipinski definition) is 2.